The standard InChI is InChI=1S/C21H15FO6/c1-25-20(23)15-7-12-8-16-17(28-10-27-16)9-14(12)18(19(15)21(24)26-2)11-3-5-13(22)6-4-11/h3-9H,10H2,1-2H3. The van der Waals surface area contributed by atoms with Gasteiger partial charge in [-0.25, -0.2) is 14.0 Å². The summed E-state index contributed by atoms with van der Waals surface area (Å²) in [5.41, 5.74) is 1.03. The van der Waals surface area contributed by atoms with Crippen LogP contribution in [0.5, 0.6) is 11.5 Å². The second kappa shape index (κ2) is 6.84. The topological polar surface area (TPSA) is 71.1 Å². The summed E-state index contributed by atoms with van der Waals surface area (Å²) in [4.78, 5) is 25.1. The lowest BCUT2D eigenvalue weighted by atomic mass is 9.89. The van der Waals surface area contributed by atoms with Crippen LogP contribution in [-0.2, 0) is 9.47 Å². The van der Waals surface area contributed by atoms with Gasteiger partial charge in [-0.1, -0.05) is 12.1 Å². The van der Waals surface area contributed by atoms with Crippen molar-refractivity contribution in [2.75, 3.05) is 21.0 Å². The molecule has 28 heavy (non-hydrogen) atoms. The number of rotatable bonds is 3. The lowest BCUT2D eigenvalue weighted by Crippen LogP contribution is -2.14. The van der Waals surface area contributed by atoms with Crippen molar-refractivity contribution in [3.8, 4) is 22.6 Å². The van der Waals surface area contributed by atoms with Gasteiger partial charge in [-0.3, -0.25) is 0 Å². The third-order valence-corrected chi connectivity index (χ3v) is 4.56. The van der Waals surface area contributed by atoms with E-state index in [0.29, 0.717) is 33.4 Å². The van der Waals surface area contributed by atoms with Crippen LogP contribution in [0.4, 0.5) is 4.39 Å². The van der Waals surface area contributed by atoms with Crippen LogP contribution in [-0.4, -0.2) is 33.0 Å². The number of ether oxygens (including phenoxy) is 4. The molecule has 0 saturated carbocycles. The van der Waals surface area contributed by atoms with Crippen molar-refractivity contribution in [1.29, 1.82) is 0 Å². The van der Waals surface area contributed by atoms with Crippen molar-refractivity contribution in [2.24, 2.45) is 0 Å². The zero-order valence-electron chi connectivity index (χ0n) is 15.1. The molecule has 142 valence electrons. The van der Waals surface area contributed by atoms with Crippen molar-refractivity contribution in [2.45, 2.75) is 0 Å². The lowest BCUT2D eigenvalue weighted by Gasteiger charge is -2.16. The lowest BCUT2D eigenvalue weighted by molar-refractivity contribution is 0.0556. The highest BCUT2D eigenvalue weighted by molar-refractivity contribution is 6.15. The first kappa shape index (κ1) is 17.8. The third-order valence-electron chi connectivity index (χ3n) is 4.56. The minimum atomic E-state index is -0.709. The molecule has 1 heterocycles. The molecule has 1 aliphatic heterocycles. The van der Waals surface area contributed by atoms with Crippen LogP contribution in [0, 0.1) is 5.82 Å². The molecule has 0 aliphatic carbocycles. The number of benzene rings is 3. The minimum absolute atomic E-state index is 0.0346. The summed E-state index contributed by atoms with van der Waals surface area (Å²) in [5, 5.41) is 1.26. The van der Waals surface area contributed by atoms with Gasteiger partial charge in [-0.05, 0) is 46.7 Å². The summed E-state index contributed by atoms with van der Waals surface area (Å²) in [6.07, 6.45) is 0. The number of halogens is 1. The van der Waals surface area contributed by atoms with E-state index in [1.165, 1.54) is 38.5 Å². The van der Waals surface area contributed by atoms with E-state index in [2.05, 4.69) is 0 Å². The maximum Gasteiger partial charge on any atom is 0.339 e. The van der Waals surface area contributed by atoms with Gasteiger partial charge < -0.3 is 18.9 Å². The van der Waals surface area contributed by atoms with Crippen LogP contribution in [0.2, 0.25) is 0 Å². The Morgan fingerprint density at radius 1 is 0.929 bits per heavy atom. The van der Waals surface area contributed by atoms with Crippen LogP contribution in [0.15, 0.2) is 42.5 Å². The van der Waals surface area contributed by atoms with Gasteiger partial charge in [0, 0.05) is 5.56 Å². The van der Waals surface area contributed by atoms with Crippen molar-refractivity contribution < 1.29 is 32.9 Å². The molecule has 0 amide bonds. The molecule has 0 spiro atoms. The van der Waals surface area contributed by atoms with Crippen LogP contribution in [0.1, 0.15) is 20.7 Å². The Labute approximate surface area is 159 Å². The predicted octanol–water partition coefficient (Wildman–Crippen LogP) is 3.95. The number of hydrogen-bond acceptors (Lipinski definition) is 6. The van der Waals surface area contributed by atoms with Crippen molar-refractivity contribution in [3.63, 3.8) is 0 Å². The summed E-state index contributed by atoms with van der Waals surface area (Å²) >= 11 is 0. The van der Waals surface area contributed by atoms with E-state index in [-0.39, 0.29) is 17.9 Å². The Morgan fingerprint density at radius 3 is 2.21 bits per heavy atom. The van der Waals surface area contributed by atoms with Gasteiger partial charge in [-0.15, -0.1) is 0 Å². The highest BCUT2D eigenvalue weighted by Crippen LogP contribution is 2.42. The molecule has 0 saturated heterocycles. The largest absolute Gasteiger partial charge is 0.465 e. The molecule has 0 unspecified atom stereocenters. The van der Waals surface area contributed by atoms with Gasteiger partial charge >= 0.3 is 11.9 Å². The molecule has 3 aromatic carbocycles. The van der Waals surface area contributed by atoms with E-state index in [1.807, 2.05) is 0 Å². The van der Waals surface area contributed by atoms with E-state index in [0.717, 1.165) is 0 Å². The van der Waals surface area contributed by atoms with Gasteiger partial charge in [-0.2, -0.15) is 0 Å². The van der Waals surface area contributed by atoms with E-state index in [1.54, 1.807) is 18.2 Å². The molecule has 0 bridgehead atoms. The molecule has 1 aliphatic rings. The van der Waals surface area contributed by atoms with E-state index < -0.39 is 17.8 Å². The summed E-state index contributed by atoms with van der Waals surface area (Å²) in [7, 11) is 2.45. The summed E-state index contributed by atoms with van der Waals surface area (Å²) in [6, 6.07) is 10.6. The fraction of sp³-hybridized carbons (Fsp3) is 0.143. The highest BCUT2D eigenvalue weighted by atomic mass is 19.1. The predicted molar refractivity (Wildman–Crippen MR) is 98.1 cm³/mol. The fourth-order valence-electron chi connectivity index (χ4n) is 3.29. The first-order valence-corrected chi connectivity index (χ1v) is 8.36. The molecular weight excluding hydrogens is 367 g/mol. The van der Waals surface area contributed by atoms with Gasteiger partial charge in [0.25, 0.3) is 0 Å². The summed E-state index contributed by atoms with van der Waals surface area (Å²) in [5.74, 6) is -0.784. The number of hydrogen-bond donors (Lipinski definition) is 0. The molecule has 0 atom stereocenters. The average Bonchev–Trinajstić information content (AvgIpc) is 3.17. The summed E-state index contributed by atoms with van der Waals surface area (Å²) in [6.45, 7) is 0.0747. The number of carbonyl (C=O) groups is 2. The number of esters is 2. The average molecular weight is 382 g/mol. The van der Waals surface area contributed by atoms with Gasteiger partial charge in [0.05, 0.1) is 25.3 Å². The Morgan fingerprint density at radius 2 is 1.57 bits per heavy atom. The monoisotopic (exact) mass is 382 g/mol. The van der Waals surface area contributed by atoms with Gasteiger partial charge in [0.1, 0.15) is 5.82 Å². The SMILES string of the molecule is COC(=O)c1cc2cc3c(cc2c(-c2ccc(F)cc2)c1C(=O)OC)OCO3. The molecule has 3 aromatic rings. The highest BCUT2D eigenvalue weighted by Gasteiger charge is 2.27. The second-order valence-corrected chi connectivity index (χ2v) is 6.09. The van der Waals surface area contributed by atoms with Crippen LogP contribution in [0.25, 0.3) is 21.9 Å². The quantitative estimate of drug-likeness (QED) is 0.639. The molecule has 0 radical (unpaired) electrons. The Kier molecular flexibility index (Phi) is 4.35. The number of fused-ring (bicyclic) bond motifs is 2. The Hall–Kier alpha value is -3.61. The van der Waals surface area contributed by atoms with Crippen molar-refractivity contribution in [1.82, 2.24) is 0 Å². The molecule has 6 nitrogen and oxygen atoms in total. The fourth-order valence-corrected chi connectivity index (χ4v) is 3.29. The van der Waals surface area contributed by atoms with E-state index in [9.17, 15) is 14.0 Å². The third kappa shape index (κ3) is 2.81. The molecular formula is C21H15FO6. The maximum absolute atomic E-state index is 13.5. The van der Waals surface area contributed by atoms with Gasteiger partial charge in [0.2, 0.25) is 6.79 Å². The number of carbonyl (C=O) groups excluding carboxylic acids is 2. The summed E-state index contributed by atoms with van der Waals surface area (Å²) < 4.78 is 34.1. The molecule has 0 N–H and O–H groups in total. The second-order valence-electron chi connectivity index (χ2n) is 6.09. The van der Waals surface area contributed by atoms with Crippen LogP contribution >= 0.6 is 0 Å². The molecule has 7 heteroatoms. The Balaban J connectivity index is 2.15. The smallest absolute Gasteiger partial charge is 0.339 e. The molecule has 0 aromatic heterocycles. The van der Waals surface area contributed by atoms with Crippen LogP contribution in [0.3, 0.4) is 0 Å². The minimum Gasteiger partial charge on any atom is -0.465 e. The molecule has 4 rings (SSSR count). The van der Waals surface area contributed by atoms with Crippen LogP contribution < -0.4 is 9.47 Å². The van der Waals surface area contributed by atoms with E-state index in [4.69, 9.17) is 18.9 Å². The van der Waals surface area contributed by atoms with E-state index >= 15 is 0 Å². The maximum atomic E-state index is 13.5. The Bertz CT molecular complexity index is 1100. The van der Waals surface area contributed by atoms with Gasteiger partial charge in [0.15, 0.2) is 11.5 Å². The first-order valence-electron chi connectivity index (χ1n) is 8.36. The zero-order chi connectivity index (χ0) is 19.8. The van der Waals surface area contributed by atoms with Crippen molar-refractivity contribution >= 4 is 22.7 Å². The number of methoxy groups -OCH3 is 2. The molecule has 0 fully saturated rings. The normalized spacial score (nSPS) is 12.1. The van der Waals surface area contributed by atoms with Crippen molar-refractivity contribution in [3.05, 3.63) is 59.4 Å². The first-order chi connectivity index (χ1) is 13.5. The zero-order valence-corrected chi connectivity index (χ0v) is 15.1.